The highest BCUT2D eigenvalue weighted by Crippen LogP contribution is 2.21. The van der Waals surface area contributed by atoms with Crippen LogP contribution in [0.4, 0.5) is 0 Å². The minimum Gasteiger partial charge on any atom is -0.419 e. The summed E-state index contributed by atoms with van der Waals surface area (Å²) < 4.78 is 5.49. The lowest BCUT2D eigenvalue weighted by molar-refractivity contribution is 0.490. The van der Waals surface area contributed by atoms with Crippen LogP contribution in [-0.2, 0) is 6.54 Å². The van der Waals surface area contributed by atoms with Crippen LogP contribution in [0, 0.1) is 0 Å². The number of nitrogens with one attached hydrogen (secondary N) is 1. The second-order valence-electron chi connectivity index (χ2n) is 3.26. The summed E-state index contributed by atoms with van der Waals surface area (Å²) >= 11 is 1.71. The predicted octanol–water partition coefficient (Wildman–Crippen LogP) is 2.18. The number of aromatic nitrogens is 2. The van der Waals surface area contributed by atoms with Gasteiger partial charge in [0.15, 0.2) is 0 Å². The van der Waals surface area contributed by atoms with Gasteiger partial charge in [-0.05, 0) is 37.6 Å². The Balaban J connectivity index is 2.21. The van der Waals surface area contributed by atoms with Gasteiger partial charge < -0.3 is 9.73 Å². The molecule has 84 valence electrons. The first kappa shape index (κ1) is 11.2. The number of thioether (sulfide) groups is 1. The van der Waals surface area contributed by atoms with Gasteiger partial charge >= 0.3 is 0 Å². The molecule has 0 bridgehead atoms. The molecule has 2 aromatic rings. The highest BCUT2D eigenvalue weighted by Gasteiger charge is 2.07. The largest absolute Gasteiger partial charge is 0.419 e. The third-order valence-electron chi connectivity index (χ3n) is 2.13. The molecule has 1 N–H and O–H groups in total. The van der Waals surface area contributed by atoms with E-state index in [-0.39, 0.29) is 0 Å². The molecule has 5 heteroatoms. The van der Waals surface area contributed by atoms with Crippen molar-refractivity contribution >= 4 is 11.8 Å². The maximum atomic E-state index is 5.49. The van der Waals surface area contributed by atoms with Crippen LogP contribution in [0.25, 0.3) is 11.5 Å². The van der Waals surface area contributed by atoms with Crippen LogP contribution in [0.2, 0.25) is 0 Å². The van der Waals surface area contributed by atoms with E-state index < -0.39 is 0 Å². The van der Waals surface area contributed by atoms with Gasteiger partial charge in [-0.3, -0.25) is 0 Å². The average molecular weight is 235 g/mol. The first-order chi connectivity index (χ1) is 7.83. The normalized spacial score (nSPS) is 10.6. The summed E-state index contributed by atoms with van der Waals surface area (Å²) in [6.45, 7) is 0.593. The van der Waals surface area contributed by atoms with E-state index in [1.54, 1.807) is 11.8 Å². The van der Waals surface area contributed by atoms with Gasteiger partial charge in [-0.2, -0.15) is 0 Å². The van der Waals surface area contributed by atoms with Gasteiger partial charge in [0.25, 0.3) is 0 Å². The lowest BCUT2D eigenvalue weighted by atomic mass is 10.2. The highest BCUT2D eigenvalue weighted by atomic mass is 32.2. The van der Waals surface area contributed by atoms with E-state index in [4.69, 9.17) is 4.42 Å². The van der Waals surface area contributed by atoms with Crippen molar-refractivity contribution in [3.05, 3.63) is 30.2 Å². The SMILES string of the molecule is CNCc1nnc(-c2ccc(SC)cc2)o1. The predicted molar refractivity (Wildman–Crippen MR) is 64.3 cm³/mol. The van der Waals surface area contributed by atoms with Crippen molar-refractivity contribution < 1.29 is 4.42 Å². The van der Waals surface area contributed by atoms with E-state index in [0.717, 1.165) is 5.56 Å². The molecule has 0 aliphatic carbocycles. The van der Waals surface area contributed by atoms with Crippen LogP contribution in [-0.4, -0.2) is 23.5 Å². The Morgan fingerprint density at radius 2 is 2.00 bits per heavy atom. The van der Waals surface area contributed by atoms with Crippen molar-refractivity contribution in [3.8, 4) is 11.5 Å². The van der Waals surface area contributed by atoms with Gasteiger partial charge in [0, 0.05) is 10.5 Å². The van der Waals surface area contributed by atoms with Crippen molar-refractivity contribution in [3.63, 3.8) is 0 Å². The van der Waals surface area contributed by atoms with E-state index in [0.29, 0.717) is 18.3 Å². The molecule has 0 aliphatic rings. The molecule has 16 heavy (non-hydrogen) atoms. The van der Waals surface area contributed by atoms with Gasteiger partial charge in [0.1, 0.15) is 0 Å². The summed E-state index contributed by atoms with van der Waals surface area (Å²) in [5.41, 5.74) is 0.952. The quantitative estimate of drug-likeness (QED) is 0.823. The Hall–Kier alpha value is -1.33. The lowest BCUT2D eigenvalue weighted by Gasteiger charge is -1.97. The minimum atomic E-state index is 0.568. The van der Waals surface area contributed by atoms with Gasteiger partial charge in [0.05, 0.1) is 6.54 Å². The first-order valence-corrected chi connectivity index (χ1v) is 6.17. The van der Waals surface area contributed by atoms with E-state index in [2.05, 4.69) is 15.5 Å². The zero-order valence-electron chi connectivity index (χ0n) is 9.23. The van der Waals surface area contributed by atoms with Crippen LogP contribution in [0.1, 0.15) is 5.89 Å². The number of hydrogen-bond acceptors (Lipinski definition) is 5. The fourth-order valence-electron chi connectivity index (χ4n) is 1.33. The van der Waals surface area contributed by atoms with Gasteiger partial charge in [-0.15, -0.1) is 22.0 Å². The molecule has 0 atom stereocenters. The van der Waals surface area contributed by atoms with Crippen molar-refractivity contribution in [1.29, 1.82) is 0 Å². The lowest BCUT2D eigenvalue weighted by Crippen LogP contribution is -2.04. The fourth-order valence-corrected chi connectivity index (χ4v) is 1.73. The number of rotatable bonds is 4. The van der Waals surface area contributed by atoms with E-state index in [1.165, 1.54) is 4.90 Å². The monoisotopic (exact) mass is 235 g/mol. The van der Waals surface area contributed by atoms with Gasteiger partial charge in [-0.1, -0.05) is 0 Å². The molecule has 4 nitrogen and oxygen atoms in total. The fraction of sp³-hybridized carbons (Fsp3) is 0.273. The maximum absolute atomic E-state index is 5.49. The molecule has 0 fully saturated rings. The molecule has 0 saturated carbocycles. The Bertz CT molecular complexity index is 453. The molecule has 1 aromatic heterocycles. The van der Waals surface area contributed by atoms with Crippen molar-refractivity contribution in [2.45, 2.75) is 11.4 Å². The third kappa shape index (κ3) is 2.43. The number of benzene rings is 1. The minimum absolute atomic E-state index is 0.568. The van der Waals surface area contributed by atoms with Crippen molar-refractivity contribution in [1.82, 2.24) is 15.5 Å². The molecule has 0 amide bonds. The van der Waals surface area contributed by atoms with E-state index >= 15 is 0 Å². The van der Waals surface area contributed by atoms with E-state index in [9.17, 15) is 0 Å². The molecular weight excluding hydrogens is 222 g/mol. The molecule has 0 radical (unpaired) electrons. The summed E-state index contributed by atoms with van der Waals surface area (Å²) in [6, 6.07) is 8.06. The Kier molecular flexibility index (Phi) is 3.58. The molecule has 0 aliphatic heterocycles. The van der Waals surface area contributed by atoms with Gasteiger partial charge in [0.2, 0.25) is 11.8 Å². The summed E-state index contributed by atoms with van der Waals surface area (Å²) in [4.78, 5) is 1.22. The van der Waals surface area contributed by atoms with E-state index in [1.807, 2.05) is 37.6 Å². The standard InChI is InChI=1S/C11H13N3OS/c1-12-7-10-13-14-11(15-10)8-3-5-9(16-2)6-4-8/h3-6,12H,7H2,1-2H3. The molecule has 1 heterocycles. The maximum Gasteiger partial charge on any atom is 0.247 e. The summed E-state index contributed by atoms with van der Waals surface area (Å²) in [7, 11) is 1.84. The third-order valence-corrected chi connectivity index (χ3v) is 2.88. The number of hydrogen-bond donors (Lipinski definition) is 1. The topological polar surface area (TPSA) is 51.0 Å². The molecule has 0 spiro atoms. The summed E-state index contributed by atoms with van der Waals surface area (Å²) in [5, 5.41) is 10.9. The van der Waals surface area contributed by atoms with Crippen LogP contribution in [0.15, 0.2) is 33.6 Å². The Morgan fingerprint density at radius 3 is 2.62 bits per heavy atom. The molecular formula is C11H13N3OS. The van der Waals surface area contributed by atoms with Crippen LogP contribution in [0.5, 0.6) is 0 Å². The Labute approximate surface area is 98.5 Å². The van der Waals surface area contributed by atoms with Crippen LogP contribution < -0.4 is 5.32 Å². The highest BCUT2D eigenvalue weighted by molar-refractivity contribution is 7.98. The average Bonchev–Trinajstić information content (AvgIpc) is 2.78. The first-order valence-electron chi connectivity index (χ1n) is 4.95. The summed E-state index contributed by atoms with van der Waals surface area (Å²) in [5.74, 6) is 1.17. The van der Waals surface area contributed by atoms with Crippen molar-refractivity contribution in [2.24, 2.45) is 0 Å². The van der Waals surface area contributed by atoms with Crippen LogP contribution in [0.3, 0.4) is 0 Å². The van der Waals surface area contributed by atoms with Crippen LogP contribution >= 0.6 is 11.8 Å². The zero-order chi connectivity index (χ0) is 11.4. The second-order valence-corrected chi connectivity index (χ2v) is 4.14. The second kappa shape index (κ2) is 5.14. The Morgan fingerprint density at radius 1 is 1.25 bits per heavy atom. The zero-order valence-corrected chi connectivity index (χ0v) is 10.0. The molecule has 0 saturated heterocycles. The van der Waals surface area contributed by atoms with Gasteiger partial charge in [-0.25, -0.2) is 0 Å². The number of nitrogens with zero attached hydrogens (tertiary/aromatic N) is 2. The van der Waals surface area contributed by atoms with Crippen molar-refractivity contribution in [2.75, 3.05) is 13.3 Å². The molecule has 1 aromatic carbocycles. The molecule has 0 unspecified atom stereocenters. The molecule has 2 rings (SSSR count). The smallest absolute Gasteiger partial charge is 0.247 e. The summed E-state index contributed by atoms with van der Waals surface area (Å²) in [6.07, 6.45) is 2.05.